The molecule has 44 heavy (non-hydrogen) atoms. The molecule has 4 aromatic rings. The van der Waals surface area contributed by atoms with Gasteiger partial charge in [0.25, 0.3) is 0 Å². The minimum Gasteiger partial charge on any atom is -0.473 e. The maximum absolute atomic E-state index is 15.5. The van der Waals surface area contributed by atoms with Crippen molar-refractivity contribution in [2.45, 2.75) is 25.9 Å². The van der Waals surface area contributed by atoms with Crippen LogP contribution in [0.5, 0.6) is 17.4 Å². The van der Waals surface area contributed by atoms with Crippen LogP contribution in [0.1, 0.15) is 19.8 Å². The van der Waals surface area contributed by atoms with Crippen molar-refractivity contribution in [2.24, 2.45) is 11.1 Å². The van der Waals surface area contributed by atoms with Crippen LogP contribution < -0.4 is 20.1 Å². The van der Waals surface area contributed by atoms with Crippen LogP contribution in [0, 0.1) is 17.0 Å². The number of fused-ring (bicyclic) bond motifs is 1. The summed E-state index contributed by atoms with van der Waals surface area (Å²) in [7, 11) is 0. The van der Waals surface area contributed by atoms with Crippen LogP contribution >= 0.6 is 0 Å². The molecule has 1 saturated heterocycles. The zero-order valence-electron chi connectivity index (χ0n) is 24.0. The molecule has 12 heteroatoms. The number of ether oxygens (including phenoxy) is 3. The van der Waals surface area contributed by atoms with E-state index in [0.29, 0.717) is 35.7 Å². The van der Waals surface area contributed by atoms with Gasteiger partial charge in [0.05, 0.1) is 29.8 Å². The number of primary amides is 1. The number of anilines is 2. The maximum atomic E-state index is 15.5. The highest BCUT2D eigenvalue weighted by Crippen LogP contribution is 2.49. The Bertz CT molecular complexity index is 1690. The second kappa shape index (κ2) is 12.1. The van der Waals surface area contributed by atoms with Gasteiger partial charge in [0.2, 0.25) is 17.7 Å². The fourth-order valence-corrected chi connectivity index (χ4v) is 5.25. The zero-order valence-corrected chi connectivity index (χ0v) is 24.0. The molecular formula is C32H31F2N5O5. The summed E-state index contributed by atoms with van der Waals surface area (Å²) in [5.74, 6) is -2.01. The summed E-state index contributed by atoms with van der Waals surface area (Å²) in [6, 6.07) is 12.4. The first-order valence-electron chi connectivity index (χ1n) is 14.3. The molecule has 2 aromatic heterocycles. The van der Waals surface area contributed by atoms with Gasteiger partial charge in [0, 0.05) is 49.8 Å². The number of aromatic nitrogens is 2. The van der Waals surface area contributed by atoms with Crippen LogP contribution in [0.4, 0.5) is 20.2 Å². The first-order chi connectivity index (χ1) is 21.2. The molecule has 228 valence electrons. The Kier molecular flexibility index (Phi) is 8.11. The first-order valence-corrected chi connectivity index (χ1v) is 14.3. The lowest BCUT2D eigenvalue weighted by Crippen LogP contribution is -2.41. The number of rotatable bonds is 10. The minimum absolute atomic E-state index is 0.107. The van der Waals surface area contributed by atoms with E-state index in [1.54, 1.807) is 24.5 Å². The van der Waals surface area contributed by atoms with E-state index in [1.807, 2.05) is 6.92 Å². The molecule has 1 saturated carbocycles. The number of hydrogen-bond acceptors (Lipinski definition) is 8. The summed E-state index contributed by atoms with van der Waals surface area (Å²) >= 11 is 0. The smallest absolute Gasteiger partial charge is 0.247 e. The van der Waals surface area contributed by atoms with Gasteiger partial charge < -0.3 is 19.9 Å². The average molecular weight is 604 g/mol. The van der Waals surface area contributed by atoms with Gasteiger partial charge in [-0.25, -0.2) is 13.8 Å². The Morgan fingerprint density at radius 2 is 1.75 bits per heavy atom. The van der Waals surface area contributed by atoms with Crippen molar-refractivity contribution in [3.63, 3.8) is 0 Å². The lowest BCUT2D eigenvalue weighted by Gasteiger charge is -2.29. The molecule has 1 aliphatic carbocycles. The third-order valence-corrected chi connectivity index (χ3v) is 7.82. The zero-order chi connectivity index (χ0) is 30.8. The van der Waals surface area contributed by atoms with Crippen LogP contribution in [0.3, 0.4) is 0 Å². The highest BCUT2D eigenvalue weighted by molar-refractivity contribution is 6.16. The Morgan fingerprint density at radius 1 is 1.02 bits per heavy atom. The average Bonchev–Trinajstić information content (AvgIpc) is 3.83. The van der Waals surface area contributed by atoms with Gasteiger partial charge in [-0.1, -0.05) is 0 Å². The van der Waals surface area contributed by atoms with Crippen LogP contribution in [0.25, 0.3) is 10.9 Å². The predicted molar refractivity (Wildman–Crippen MR) is 158 cm³/mol. The molecule has 0 radical (unpaired) electrons. The monoisotopic (exact) mass is 603 g/mol. The Hall–Kier alpha value is -4.68. The van der Waals surface area contributed by atoms with Crippen molar-refractivity contribution in [1.29, 1.82) is 0 Å². The van der Waals surface area contributed by atoms with Crippen molar-refractivity contribution in [2.75, 3.05) is 37.7 Å². The van der Waals surface area contributed by atoms with Crippen molar-refractivity contribution >= 4 is 34.1 Å². The number of nitrogens with two attached hydrogens (primary N) is 1. The van der Waals surface area contributed by atoms with Gasteiger partial charge >= 0.3 is 0 Å². The number of hydrogen-bond donors (Lipinski definition) is 1. The third kappa shape index (κ3) is 6.03. The fourth-order valence-electron chi connectivity index (χ4n) is 5.25. The van der Waals surface area contributed by atoms with E-state index in [9.17, 15) is 14.0 Å². The molecule has 6 rings (SSSR count). The Labute approximate surface area is 252 Å². The van der Waals surface area contributed by atoms with E-state index < -0.39 is 28.9 Å². The normalized spacial score (nSPS) is 16.7. The summed E-state index contributed by atoms with van der Waals surface area (Å²) in [5.41, 5.74) is 5.11. The van der Waals surface area contributed by atoms with E-state index in [-0.39, 0.29) is 36.1 Å². The molecule has 0 unspecified atom stereocenters. The summed E-state index contributed by atoms with van der Waals surface area (Å²) in [5, 5.41) is 0.546. The fraction of sp³-hybridized carbons (Fsp3) is 0.312. The largest absolute Gasteiger partial charge is 0.473 e. The van der Waals surface area contributed by atoms with Gasteiger partial charge in [0.15, 0.2) is 11.6 Å². The summed E-state index contributed by atoms with van der Waals surface area (Å²) < 4.78 is 46.5. The van der Waals surface area contributed by atoms with E-state index in [1.165, 1.54) is 41.3 Å². The highest BCUT2D eigenvalue weighted by atomic mass is 19.1. The molecule has 0 bridgehead atoms. The Morgan fingerprint density at radius 3 is 2.43 bits per heavy atom. The van der Waals surface area contributed by atoms with Crippen molar-refractivity contribution in [3.8, 4) is 17.4 Å². The van der Waals surface area contributed by atoms with Gasteiger partial charge in [-0.2, -0.15) is 0 Å². The topological polar surface area (TPSA) is 120 Å². The van der Waals surface area contributed by atoms with Crippen LogP contribution in [-0.2, 0) is 14.3 Å². The van der Waals surface area contributed by atoms with Crippen LogP contribution in [-0.4, -0.2) is 65.6 Å². The lowest BCUT2D eigenvalue weighted by molar-refractivity contribution is -0.133. The first kappa shape index (κ1) is 29.4. The van der Waals surface area contributed by atoms with E-state index in [2.05, 4.69) is 14.9 Å². The number of nitrogens with zero attached hydrogens (tertiary/aromatic N) is 4. The summed E-state index contributed by atoms with van der Waals surface area (Å²) in [6.07, 6.45) is 3.56. The summed E-state index contributed by atoms with van der Waals surface area (Å²) in [4.78, 5) is 37.9. The minimum atomic E-state index is -1.38. The standard InChI is InChI=1S/C32H31F2N5O5/c1-20(19-38-12-14-42-15-13-38)43-29-17-26-24(18-37-29)27(8-11-36-26)44-28-7-6-23(16-25(28)34)39(22-4-2-21(33)3-5-22)31(41)32(9-10-32)30(35)40/h2-8,11,16-18,20H,9-10,12-15,19H2,1H3,(H2,35,40)/t20-/m0/s1. The van der Waals surface area contributed by atoms with Gasteiger partial charge in [-0.3, -0.25) is 24.4 Å². The number of carbonyl (C=O) groups is 2. The van der Waals surface area contributed by atoms with Gasteiger partial charge in [-0.15, -0.1) is 0 Å². The number of benzene rings is 2. The quantitative estimate of drug-likeness (QED) is 0.259. The molecule has 10 nitrogen and oxygen atoms in total. The number of amides is 2. The number of carbonyl (C=O) groups excluding carboxylic acids is 2. The number of morpholine rings is 1. The predicted octanol–water partition coefficient (Wildman–Crippen LogP) is 4.73. The Balaban J connectivity index is 1.23. The van der Waals surface area contributed by atoms with E-state index >= 15 is 4.39 Å². The second-order valence-electron chi connectivity index (χ2n) is 11.0. The molecule has 2 aliphatic rings. The van der Waals surface area contributed by atoms with Crippen LogP contribution in [0.2, 0.25) is 0 Å². The molecule has 2 N–H and O–H groups in total. The molecule has 1 atom stereocenters. The summed E-state index contributed by atoms with van der Waals surface area (Å²) in [6.45, 7) is 5.84. The molecule has 1 aliphatic heterocycles. The number of halogens is 2. The molecule has 0 spiro atoms. The number of pyridine rings is 2. The lowest BCUT2D eigenvalue weighted by atomic mass is 10.0. The van der Waals surface area contributed by atoms with Crippen molar-refractivity contribution in [1.82, 2.24) is 14.9 Å². The third-order valence-electron chi connectivity index (χ3n) is 7.82. The molecule has 2 aromatic carbocycles. The second-order valence-corrected chi connectivity index (χ2v) is 11.0. The van der Waals surface area contributed by atoms with Gasteiger partial charge in [0.1, 0.15) is 23.1 Å². The van der Waals surface area contributed by atoms with Crippen molar-refractivity contribution in [3.05, 3.63) is 78.6 Å². The molecule has 2 fully saturated rings. The van der Waals surface area contributed by atoms with Crippen molar-refractivity contribution < 1.29 is 32.6 Å². The molecule has 3 heterocycles. The molecular weight excluding hydrogens is 572 g/mol. The maximum Gasteiger partial charge on any atom is 0.247 e. The van der Waals surface area contributed by atoms with E-state index in [0.717, 1.165) is 25.7 Å². The van der Waals surface area contributed by atoms with E-state index in [4.69, 9.17) is 19.9 Å². The van der Waals surface area contributed by atoms with Crippen LogP contribution in [0.15, 0.2) is 67.0 Å². The highest BCUT2D eigenvalue weighted by Gasteiger charge is 2.57. The SMILES string of the molecule is C[C@@H](CN1CCOCC1)Oc1cc2nccc(Oc3ccc(N(C(=O)C4(C(N)=O)CC4)c4ccc(F)cc4)cc3F)c2cn1. The molecule has 2 amide bonds. The van der Waals surface area contributed by atoms with Gasteiger partial charge in [-0.05, 0) is 62.2 Å².